The number of nitrogens with one attached hydrogen (secondary N) is 1. The third-order valence-corrected chi connectivity index (χ3v) is 11.3. The Hall–Kier alpha value is -3.27. The molecule has 1 atom stereocenters. The van der Waals surface area contributed by atoms with Crippen molar-refractivity contribution in [1.82, 2.24) is 10.2 Å². The van der Waals surface area contributed by atoms with E-state index in [0.717, 1.165) is 41.1 Å². The zero-order chi connectivity index (χ0) is 34.4. The fraction of sp³-hybridized carbons (Fsp3) is 0.278. The van der Waals surface area contributed by atoms with Gasteiger partial charge in [-0.1, -0.05) is 113 Å². The molecular weight excluding hydrogens is 712 g/mol. The van der Waals surface area contributed by atoms with Crippen LogP contribution in [0.25, 0.3) is 0 Å². The molecule has 2 amide bonds. The lowest BCUT2D eigenvalue weighted by molar-refractivity contribution is -0.140. The molecule has 7 nitrogen and oxygen atoms in total. The van der Waals surface area contributed by atoms with E-state index in [4.69, 9.17) is 46.4 Å². The van der Waals surface area contributed by atoms with Crippen molar-refractivity contribution < 1.29 is 18.0 Å². The fourth-order valence-corrected chi connectivity index (χ4v) is 8.25. The molecule has 1 aliphatic carbocycles. The zero-order valence-corrected chi connectivity index (χ0v) is 30.1. The van der Waals surface area contributed by atoms with Gasteiger partial charge in [-0.05, 0) is 67.8 Å². The van der Waals surface area contributed by atoms with Gasteiger partial charge in [0.1, 0.15) is 12.6 Å². The molecule has 5 rings (SSSR count). The van der Waals surface area contributed by atoms with E-state index in [1.807, 2.05) is 37.3 Å². The van der Waals surface area contributed by atoms with Crippen LogP contribution in [0.5, 0.6) is 0 Å². The molecule has 0 radical (unpaired) electrons. The minimum absolute atomic E-state index is 0.0244. The smallest absolute Gasteiger partial charge is 0.264 e. The van der Waals surface area contributed by atoms with Crippen molar-refractivity contribution in [1.29, 1.82) is 0 Å². The summed E-state index contributed by atoms with van der Waals surface area (Å²) in [6, 6.07) is 23.9. The molecule has 0 spiro atoms. The highest BCUT2D eigenvalue weighted by Gasteiger charge is 2.36. The predicted molar refractivity (Wildman–Crippen MR) is 194 cm³/mol. The largest absolute Gasteiger partial charge is 0.352 e. The number of sulfonamides is 1. The predicted octanol–water partition coefficient (Wildman–Crippen LogP) is 8.50. The van der Waals surface area contributed by atoms with Crippen LogP contribution in [0, 0.1) is 6.92 Å². The number of carbonyl (C=O) groups is 2. The molecule has 0 aromatic heterocycles. The highest BCUT2D eigenvalue weighted by molar-refractivity contribution is 7.92. The van der Waals surface area contributed by atoms with Crippen molar-refractivity contribution in [3.05, 3.63) is 128 Å². The number of halogens is 4. The molecule has 1 fully saturated rings. The van der Waals surface area contributed by atoms with Crippen LogP contribution in [-0.4, -0.2) is 43.8 Å². The number of anilines is 1. The maximum absolute atomic E-state index is 14.7. The minimum Gasteiger partial charge on any atom is -0.352 e. The Morgan fingerprint density at radius 1 is 0.833 bits per heavy atom. The third-order valence-electron chi connectivity index (χ3n) is 8.39. The van der Waals surface area contributed by atoms with Crippen molar-refractivity contribution in [2.24, 2.45) is 0 Å². The van der Waals surface area contributed by atoms with Gasteiger partial charge in [0.25, 0.3) is 10.0 Å². The Kier molecular flexibility index (Phi) is 12.0. The van der Waals surface area contributed by atoms with Crippen LogP contribution in [-0.2, 0) is 32.6 Å². The first-order valence-corrected chi connectivity index (χ1v) is 18.5. The maximum Gasteiger partial charge on any atom is 0.264 e. The second-order valence-corrected chi connectivity index (χ2v) is 15.4. The topological polar surface area (TPSA) is 86.8 Å². The van der Waals surface area contributed by atoms with Gasteiger partial charge >= 0.3 is 0 Å². The van der Waals surface area contributed by atoms with E-state index in [2.05, 4.69) is 5.32 Å². The van der Waals surface area contributed by atoms with E-state index < -0.39 is 28.5 Å². The van der Waals surface area contributed by atoms with E-state index in [9.17, 15) is 18.0 Å². The van der Waals surface area contributed by atoms with Crippen LogP contribution in [0.3, 0.4) is 0 Å². The first-order chi connectivity index (χ1) is 22.9. The van der Waals surface area contributed by atoms with Crippen molar-refractivity contribution in [3.8, 4) is 0 Å². The molecular formula is C36H35Cl4N3O4S. The van der Waals surface area contributed by atoms with Crippen molar-refractivity contribution in [2.45, 2.75) is 62.6 Å². The van der Waals surface area contributed by atoms with E-state index in [0.29, 0.717) is 15.6 Å². The van der Waals surface area contributed by atoms with Crippen molar-refractivity contribution in [3.63, 3.8) is 0 Å². The van der Waals surface area contributed by atoms with E-state index >= 15 is 0 Å². The molecule has 12 heteroatoms. The normalized spacial score (nSPS) is 14.0. The van der Waals surface area contributed by atoms with Gasteiger partial charge in [0.15, 0.2) is 0 Å². The molecule has 0 unspecified atom stereocenters. The second-order valence-electron chi connectivity index (χ2n) is 11.9. The Balaban J connectivity index is 1.61. The summed E-state index contributed by atoms with van der Waals surface area (Å²) in [5.41, 5.74) is 2.20. The standard InChI is InChI=1S/C36H35Cl4N3O4S/c1-24-14-16-30(17-15-24)48(46,47)43(29-20-26(37)19-27(38)21-29)23-35(44)42(22-31-32(39)12-7-13-33(31)40)34(18-25-8-3-2-4-9-25)36(45)41-28-10-5-6-11-28/h2-4,7-9,12-17,19-21,28,34H,5-6,10-11,18,22-23H2,1H3,(H,41,45)/t34-/m1/s1. The number of rotatable bonds is 12. The summed E-state index contributed by atoms with van der Waals surface area (Å²) >= 11 is 25.9. The van der Waals surface area contributed by atoms with Gasteiger partial charge in [0, 0.05) is 44.7 Å². The van der Waals surface area contributed by atoms with Crippen molar-refractivity contribution in [2.75, 3.05) is 10.8 Å². The Bertz CT molecular complexity index is 1830. The lowest BCUT2D eigenvalue weighted by Gasteiger charge is -2.34. The summed E-state index contributed by atoms with van der Waals surface area (Å²) < 4.78 is 29.5. The van der Waals surface area contributed by atoms with E-state index in [-0.39, 0.29) is 45.5 Å². The first-order valence-electron chi connectivity index (χ1n) is 15.5. The van der Waals surface area contributed by atoms with E-state index in [1.165, 1.54) is 35.2 Å². The molecule has 0 saturated heterocycles. The van der Waals surface area contributed by atoms with Crippen LogP contribution >= 0.6 is 46.4 Å². The number of aryl methyl sites for hydroxylation is 1. The molecule has 4 aromatic rings. The van der Waals surface area contributed by atoms with Crippen LogP contribution in [0.2, 0.25) is 20.1 Å². The molecule has 0 heterocycles. The van der Waals surface area contributed by atoms with Crippen LogP contribution < -0.4 is 9.62 Å². The van der Waals surface area contributed by atoms with Gasteiger partial charge < -0.3 is 10.2 Å². The summed E-state index contributed by atoms with van der Waals surface area (Å²) in [4.78, 5) is 30.2. The van der Waals surface area contributed by atoms with Gasteiger partial charge in [-0.3, -0.25) is 13.9 Å². The number of amides is 2. The van der Waals surface area contributed by atoms with E-state index in [1.54, 1.807) is 30.3 Å². The SMILES string of the molecule is Cc1ccc(S(=O)(=O)N(CC(=O)N(Cc2c(Cl)cccc2Cl)[C@H](Cc2ccccc2)C(=O)NC2CCCC2)c2cc(Cl)cc(Cl)c2)cc1. The highest BCUT2D eigenvalue weighted by atomic mass is 35.5. The molecule has 1 aliphatic rings. The van der Waals surface area contributed by atoms with Gasteiger partial charge in [-0.15, -0.1) is 0 Å². The lowest BCUT2D eigenvalue weighted by atomic mass is 10.0. The maximum atomic E-state index is 14.7. The molecule has 252 valence electrons. The second kappa shape index (κ2) is 16.0. The zero-order valence-electron chi connectivity index (χ0n) is 26.2. The van der Waals surface area contributed by atoms with Crippen LogP contribution in [0.1, 0.15) is 42.4 Å². The summed E-state index contributed by atoms with van der Waals surface area (Å²) in [6.07, 6.45) is 3.85. The summed E-state index contributed by atoms with van der Waals surface area (Å²) in [5.74, 6) is -0.999. The van der Waals surface area contributed by atoms with Gasteiger partial charge in [-0.25, -0.2) is 8.42 Å². The average molecular weight is 748 g/mol. The molecule has 0 aliphatic heterocycles. The number of hydrogen-bond acceptors (Lipinski definition) is 4. The summed E-state index contributed by atoms with van der Waals surface area (Å²) in [5, 5.41) is 4.13. The number of benzene rings is 4. The monoisotopic (exact) mass is 745 g/mol. The Morgan fingerprint density at radius 3 is 2.04 bits per heavy atom. The summed E-state index contributed by atoms with van der Waals surface area (Å²) in [6.45, 7) is 1.02. The van der Waals surface area contributed by atoms with Crippen LogP contribution in [0.4, 0.5) is 5.69 Å². The molecule has 48 heavy (non-hydrogen) atoms. The van der Waals surface area contributed by atoms with Crippen molar-refractivity contribution >= 4 is 73.9 Å². The molecule has 4 aromatic carbocycles. The summed E-state index contributed by atoms with van der Waals surface area (Å²) in [7, 11) is -4.33. The Labute approximate surface area is 301 Å². The number of carbonyl (C=O) groups excluding carboxylic acids is 2. The average Bonchev–Trinajstić information content (AvgIpc) is 3.56. The fourth-order valence-electron chi connectivity index (χ4n) is 5.82. The molecule has 1 saturated carbocycles. The van der Waals surface area contributed by atoms with Gasteiger partial charge in [0.2, 0.25) is 11.8 Å². The van der Waals surface area contributed by atoms with Gasteiger partial charge in [-0.2, -0.15) is 0 Å². The Morgan fingerprint density at radius 2 is 1.44 bits per heavy atom. The number of hydrogen-bond donors (Lipinski definition) is 1. The quantitative estimate of drug-likeness (QED) is 0.158. The molecule has 0 bridgehead atoms. The minimum atomic E-state index is -4.33. The highest BCUT2D eigenvalue weighted by Crippen LogP contribution is 2.32. The first kappa shape index (κ1) is 36.0. The van der Waals surface area contributed by atoms with Gasteiger partial charge in [0.05, 0.1) is 10.6 Å². The lowest BCUT2D eigenvalue weighted by Crippen LogP contribution is -2.54. The van der Waals surface area contributed by atoms with Crippen LogP contribution in [0.15, 0.2) is 95.9 Å². The third kappa shape index (κ3) is 8.84. The number of nitrogens with zero attached hydrogens (tertiary/aromatic N) is 2. The molecule has 1 N–H and O–H groups in total.